The van der Waals surface area contributed by atoms with Crippen molar-refractivity contribution < 1.29 is 9.26 Å². The summed E-state index contributed by atoms with van der Waals surface area (Å²) in [4.78, 5) is 3.99. The normalized spacial score (nSPS) is 30.5. The van der Waals surface area contributed by atoms with E-state index in [1.807, 2.05) is 0 Å². The van der Waals surface area contributed by atoms with Gasteiger partial charge in [0.1, 0.15) is 0 Å². The van der Waals surface area contributed by atoms with Crippen molar-refractivity contribution in [1.29, 1.82) is 0 Å². The number of nitrogens with one attached hydrogen (secondary N) is 1. The number of hydrogen-bond acceptors (Lipinski definition) is 5. The van der Waals surface area contributed by atoms with Crippen LogP contribution in [0.5, 0.6) is 0 Å². The third kappa shape index (κ3) is 2.80. The monoisotopic (exact) mass is 225 g/mol. The third-order valence-electron chi connectivity index (χ3n) is 3.30. The second kappa shape index (κ2) is 4.93. The number of ether oxygens (including phenoxy) is 1. The van der Waals surface area contributed by atoms with Gasteiger partial charge in [-0.1, -0.05) is 12.1 Å². The Kier molecular flexibility index (Phi) is 3.56. The molecule has 5 heteroatoms. The molecule has 90 valence electrons. The first-order chi connectivity index (χ1) is 7.72. The zero-order valence-corrected chi connectivity index (χ0v) is 9.90. The van der Waals surface area contributed by atoms with Crippen molar-refractivity contribution in [3.63, 3.8) is 0 Å². The summed E-state index contributed by atoms with van der Waals surface area (Å²) >= 11 is 0. The van der Waals surface area contributed by atoms with Crippen LogP contribution in [-0.4, -0.2) is 28.4 Å². The van der Waals surface area contributed by atoms with Gasteiger partial charge in [0, 0.05) is 12.6 Å². The Bertz CT molecular complexity index is 315. The van der Waals surface area contributed by atoms with E-state index in [2.05, 4.69) is 29.3 Å². The summed E-state index contributed by atoms with van der Waals surface area (Å²) in [5, 5.41) is 7.23. The summed E-state index contributed by atoms with van der Waals surface area (Å²) in [6.07, 6.45) is 4.50. The van der Waals surface area contributed by atoms with Crippen LogP contribution in [0.2, 0.25) is 0 Å². The highest BCUT2D eigenvalue weighted by atomic mass is 16.5. The summed E-state index contributed by atoms with van der Waals surface area (Å²) in [6, 6.07) is 0.484. The van der Waals surface area contributed by atoms with Gasteiger partial charge in [0.15, 0.2) is 5.82 Å². The molecule has 0 saturated carbocycles. The lowest BCUT2D eigenvalue weighted by Gasteiger charge is -2.38. The fourth-order valence-electron chi connectivity index (χ4n) is 2.06. The number of rotatable bonds is 4. The minimum absolute atomic E-state index is 0.0210. The molecule has 1 N–H and O–H groups in total. The summed E-state index contributed by atoms with van der Waals surface area (Å²) in [7, 11) is 0. The molecule has 0 amide bonds. The molecule has 0 bridgehead atoms. The third-order valence-corrected chi connectivity index (χ3v) is 3.30. The maximum Gasteiger partial charge on any atom is 0.213 e. The second-order valence-corrected chi connectivity index (χ2v) is 4.57. The van der Waals surface area contributed by atoms with Crippen molar-refractivity contribution in [3.05, 3.63) is 12.2 Å². The van der Waals surface area contributed by atoms with Gasteiger partial charge < -0.3 is 14.6 Å². The molecule has 1 fully saturated rings. The van der Waals surface area contributed by atoms with Crippen LogP contribution in [0.1, 0.15) is 38.9 Å². The van der Waals surface area contributed by atoms with Crippen molar-refractivity contribution in [3.8, 4) is 0 Å². The summed E-state index contributed by atoms with van der Waals surface area (Å²) in [6.45, 7) is 5.84. The van der Waals surface area contributed by atoms with Crippen LogP contribution in [0.3, 0.4) is 0 Å². The largest absolute Gasteiger partial charge is 0.375 e. The van der Waals surface area contributed by atoms with Crippen LogP contribution in [0.25, 0.3) is 0 Å². The van der Waals surface area contributed by atoms with Crippen LogP contribution in [-0.2, 0) is 11.3 Å². The first-order valence-electron chi connectivity index (χ1n) is 5.84. The lowest BCUT2D eigenvalue weighted by molar-refractivity contribution is -0.0782. The molecule has 1 aliphatic heterocycles. The van der Waals surface area contributed by atoms with E-state index in [0.29, 0.717) is 18.4 Å². The fraction of sp³-hybridized carbons (Fsp3) is 0.818. The van der Waals surface area contributed by atoms with Crippen LogP contribution in [0, 0.1) is 0 Å². The van der Waals surface area contributed by atoms with Crippen LogP contribution in [0.15, 0.2) is 10.9 Å². The van der Waals surface area contributed by atoms with Crippen molar-refractivity contribution >= 4 is 0 Å². The molecule has 0 aliphatic carbocycles. The van der Waals surface area contributed by atoms with Crippen LogP contribution < -0.4 is 5.32 Å². The van der Waals surface area contributed by atoms with Crippen molar-refractivity contribution in [2.24, 2.45) is 0 Å². The molecule has 2 heterocycles. The molecule has 0 aromatic carbocycles. The Morgan fingerprint density at radius 2 is 2.50 bits per heavy atom. The molecule has 1 aromatic rings. The predicted octanol–water partition coefficient (Wildman–Crippen LogP) is 1.51. The Morgan fingerprint density at radius 1 is 1.62 bits per heavy atom. The Hall–Kier alpha value is -0.940. The molecule has 16 heavy (non-hydrogen) atoms. The standard InChI is InChI=1S/C11H19N3O2/c1-3-11(2)6-9(4-5-15-11)12-7-10-13-8-16-14-10/h8-9,12H,3-7H2,1-2H3. The second-order valence-electron chi connectivity index (χ2n) is 4.57. The van der Waals surface area contributed by atoms with Crippen LogP contribution in [0.4, 0.5) is 0 Å². The van der Waals surface area contributed by atoms with E-state index in [4.69, 9.17) is 9.26 Å². The van der Waals surface area contributed by atoms with E-state index in [0.717, 1.165) is 25.9 Å². The topological polar surface area (TPSA) is 60.2 Å². The van der Waals surface area contributed by atoms with E-state index in [1.54, 1.807) is 0 Å². The number of nitrogens with zero attached hydrogens (tertiary/aromatic N) is 2. The lowest BCUT2D eigenvalue weighted by atomic mass is 9.90. The molecule has 1 aromatic heterocycles. The maximum absolute atomic E-state index is 5.79. The molecule has 5 nitrogen and oxygen atoms in total. The van der Waals surface area contributed by atoms with Gasteiger partial charge in [0.05, 0.1) is 12.1 Å². The van der Waals surface area contributed by atoms with Crippen LogP contribution >= 0.6 is 0 Å². The zero-order chi connectivity index (χ0) is 11.4. The molecule has 0 radical (unpaired) electrons. The van der Waals surface area contributed by atoms with Gasteiger partial charge in [-0.15, -0.1) is 0 Å². The molecular weight excluding hydrogens is 206 g/mol. The van der Waals surface area contributed by atoms with Crippen molar-refractivity contribution in [2.45, 2.75) is 51.3 Å². The maximum atomic E-state index is 5.79. The van der Waals surface area contributed by atoms with E-state index in [1.165, 1.54) is 6.39 Å². The fourth-order valence-corrected chi connectivity index (χ4v) is 2.06. The van der Waals surface area contributed by atoms with Gasteiger partial charge >= 0.3 is 0 Å². The Balaban J connectivity index is 1.81. The number of aromatic nitrogens is 2. The van der Waals surface area contributed by atoms with E-state index in [9.17, 15) is 0 Å². The first kappa shape index (κ1) is 11.5. The molecule has 1 aliphatic rings. The van der Waals surface area contributed by atoms with Gasteiger partial charge in [0.25, 0.3) is 0 Å². The van der Waals surface area contributed by atoms with E-state index < -0.39 is 0 Å². The highest BCUT2D eigenvalue weighted by Gasteiger charge is 2.31. The highest BCUT2D eigenvalue weighted by Crippen LogP contribution is 2.27. The van der Waals surface area contributed by atoms with E-state index >= 15 is 0 Å². The van der Waals surface area contributed by atoms with Crippen molar-refractivity contribution in [2.75, 3.05) is 6.61 Å². The zero-order valence-electron chi connectivity index (χ0n) is 9.90. The van der Waals surface area contributed by atoms with E-state index in [-0.39, 0.29) is 5.60 Å². The molecule has 1 saturated heterocycles. The molecule has 2 rings (SSSR count). The van der Waals surface area contributed by atoms with Gasteiger partial charge in [-0.2, -0.15) is 4.98 Å². The van der Waals surface area contributed by atoms with Gasteiger partial charge in [-0.05, 0) is 26.2 Å². The Labute approximate surface area is 95.6 Å². The van der Waals surface area contributed by atoms with Crippen molar-refractivity contribution in [1.82, 2.24) is 15.5 Å². The molecule has 0 spiro atoms. The summed E-state index contributed by atoms with van der Waals surface area (Å²) in [5.41, 5.74) is 0.0210. The average Bonchev–Trinajstić information content (AvgIpc) is 2.80. The first-order valence-corrected chi connectivity index (χ1v) is 5.84. The smallest absolute Gasteiger partial charge is 0.213 e. The minimum atomic E-state index is 0.0210. The lowest BCUT2D eigenvalue weighted by Crippen LogP contribution is -2.44. The molecular formula is C11H19N3O2. The van der Waals surface area contributed by atoms with Gasteiger partial charge in [-0.3, -0.25) is 0 Å². The summed E-state index contributed by atoms with van der Waals surface area (Å²) < 4.78 is 10.5. The quantitative estimate of drug-likeness (QED) is 0.841. The Morgan fingerprint density at radius 3 is 3.19 bits per heavy atom. The molecule has 2 unspecified atom stereocenters. The molecule has 2 atom stereocenters. The summed E-state index contributed by atoms with van der Waals surface area (Å²) in [5.74, 6) is 0.713. The minimum Gasteiger partial charge on any atom is -0.375 e. The average molecular weight is 225 g/mol. The van der Waals surface area contributed by atoms with Gasteiger partial charge in [0.2, 0.25) is 6.39 Å². The SMILES string of the molecule is CCC1(C)CC(NCc2ncon2)CCO1. The highest BCUT2D eigenvalue weighted by molar-refractivity contribution is 4.87. The van der Waals surface area contributed by atoms with Gasteiger partial charge in [-0.25, -0.2) is 0 Å². The predicted molar refractivity (Wildman–Crippen MR) is 58.8 cm³/mol. The number of hydrogen-bond donors (Lipinski definition) is 1.